The van der Waals surface area contributed by atoms with Gasteiger partial charge in [0.15, 0.2) is 22.2 Å². The summed E-state index contributed by atoms with van der Waals surface area (Å²) in [5.74, 6) is 7.48. The number of para-hydroxylation sites is 1. The minimum Gasteiger partial charge on any atom is -0.493 e. The van der Waals surface area contributed by atoms with Gasteiger partial charge < -0.3 is 20.3 Å². The fourth-order valence-corrected chi connectivity index (χ4v) is 4.60. The van der Waals surface area contributed by atoms with Gasteiger partial charge in [-0.25, -0.2) is 9.66 Å². The van der Waals surface area contributed by atoms with Crippen molar-refractivity contribution in [3.63, 3.8) is 0 Å². The number of nitrogens with two attached hydrogens (primary N) is 1. The van der Waals surface area contributed by atoms with Crippen molar-refractivity contribution < 1.29 is 13.9 Å². The number of anilines is 1. The Balaban J connectivity index is 1.25. The molecule has 0 aliphatic carbocycles. The number of nitrogens with one attached hydrogen (secondary N) is 1. The first-order valence-electron chi connectivity index (χ1n) is 9.83. The Hall–Kier alpha value is -3.83. The first-order valence-corrected chi connectivity index (χ1v) is 11.7. The van der Waals surface area contributed by atoms with Gasteiger partial charge in [-0.15, -0.1) is 21.5 Å². The molecule has 166 valence electrons. The summed E-state index contributed by atoms with van der Waals surface area (Å²) in [6, 6.07) is 17.2. The van der Waals surface area contributed by atoms with E-state index in [4.69, 9.17) is 15.0 Å². The molecule has 0 aliphatic heterocycles. The Morgan fingerprint density at radius 2 is 2.06 bits per heavy atom. The SMILES string of the molecule is COc1cccc2cc(-c3nnc(SCC(=O)Nc4nc(-c5ccccc5)cs4)n3N)oc12. The van der Waals surface area contributed by atoms with Crippen LogP contribution in [0.25, 0.3) is 33.8 Å². The van der Waals surface area contributed by atoms with Crippen LogP contribution in [-0.4, -0.2) is 38.6 Å². The summed E-state index contributed by atoms with van der Waals surface area (Å²) < 4.78 is 12.5. The van der Waals surface area contributed by atoms with Crippen LogP contribution in [-0.2, 0) is 4.79 Å². The zero-order chi connectivity index (χ0) is 22.8. The first-order chi connectivity index (χ1) is 16.1. The molecule has 0 radical (unpaired) electrons. The number of thioether (sulfide) groups is 1. The second-order valence-electron chi connectivity index (χ2n) is 6.91. The van der Waals surface area contributed by atoms with Gasteiger partial charge >= 0.3 is 0 Å². The molecule has 3 heterocycles. The molecule has 0 fully saturated rings. The Morgan fingerprint density at radius 3 is 2.88 bits per heavy atom. The predicted molar refractivity (Wildman–Crippen MR) is 129 cm³/mol. The van der Waals surface area contributed by atoms with E-state index in [1.165, 1.54) is 27.8 Å². The molecule has 3 aromatic heterocycles. The number of ether oxygens (including phenoxy) is 1. The first kappa shape index (κ1) is 21.0. The van der Waals surface area contributed by atoms with E-state index in [1.807, 2.05) is 60.0 Å². The molecular formula is C22H18N6O3S2. The molecule has 0 spiro atoms. The second-order valence-corrected chi connectivity index (χ2v) is 8.71. The lowest BCUT2D eigenvalue weighted by Gasteiger charge is -2.03. The minimum atomic E-state index is -0.216. The largest absolute Gasteiger partial charge is 0.493 e. The van der Waals surface area contributed by atoms with Crippen LogP contribution in [0.3, 0.4) is 0 Å². The van der Waals surface area contributed by atoms with Crippen molar-refractivity contribution in [2.75, 3.05) is 24.0 Å². The molecule has 0 atom stereocenters. The summed E-state index contributed by atoms with van der Waals surface area (Å²) in [5, 5.41) is 14.7. The average Bonchev–Trinajstić information content (AvgIpc) is 3.56. The standard InChI is InChI=1S/C22H18N6O3S2/c1-30-16-9-5-8-14-10-17(31-19(14)16)20-26-27-22(28(20)23)33-12-18(29)25-21-24-15(11-32-21)13-6-3-2-4-7-13/h2-11H,12,23H2,1H3,(H,24,25,29). The summed E-state index contributed by atoms with van der Waals surface area (Å²) in [4.78, 5) is 16.9. The third kappa shape index (κ3) is 4.28. The molecule has 5 aromatic rings. The highest BCUT2D eigenvalue weighted by atomic mass is 32.2. The van der Waals surface area contributed by atoms with Crippen molar-refractivity contribution in [3.05, 3.63) is 60.0 Å². The zero-order valence-corrected chi connectivity index (χ0v) is 19.0. The molecule has 1 amide bonds. The number of rotatable bonds is 7. The lowest BCUT2D eigenvalue weighted by atomic mass is 10.2. The van der Waals surface area contributed by atoms with Gasteiger partial charge in [0.05, 0.1) is 18.6 Å². The number of nitrogen functional groups attached to an aromatic ring is 1. The summed E-state index contributed by atoms with van der Waals surface area (Å²) in [5.41, 5.74) is 2.41. The van der Waals surface area contributed by atoms with E-state index < -0.39 is 0 Å². The van der Waals surface area contributed by atoms with Gasteiger partial charge in [0.25, 0.3) is 0 Å². The van der Waals surface area contributed by atoms with Crippen LogP contribution < -0.4 is 15.9 Å². The van der Waals surface area contributed by atoms with Gasteiger partial charge in [-0.1, -0.05) is 54.2 Å². The van der Waals surface area contributed by atoms with Gasteiger partial charge in [0.2, 0.25) is 16.9 Å². The summed E-state index contributed by atoms with van der Waals surface area (Å²) in [7, 11) is 1.58. The summed E-state index contributed by atoms with van der Waals surface area (Å²) in [6.45, 7) is 0. The minimum absolute atomic E-state index is 0.101. The molecule has 0 aliphatic rings. The number of thiazole rings is 1. The quantitative estimate of drug-likeness (QED) is 0.263. The van der Waals surface area contributed by atoms with Gasteiger partial charge in [0.1, 0.15) is 0 Å². The van der Waals surface area contributed by atoms with Crippen molar-refractivity contribution in [3.8, 4) is 28.6 Å². The average molecular weight is 479 g/mol. The van der Waals surface area contributed by atoms with Gasteiger partial charge in [-0.2, -0.15) is 0 Å². The van der Waals surface area contributed by atoms with E-state index in [2.05, 4.69) is 20.5 Å². The van der Waals surface area contributed by atoms with Crippen molar-refractivity contribution in [1.29, 1.82) is 0 Å². The third-order valence-electron chi connectivity index (χ3n) is 4.77. The van der Waals surface area contributed by atoms with Crippen LogP contribution in [0.5, 0.6) is 5.75 Å². The molecule has 3 N–H and O–H groups in total. The van der Waals surface area contributed by atoms with Crippen molar-refractivity contribution >= 4 is 45.1 Å². The highest BCUT2D eigenvalue weighted by Crippen LogP contribution is 2.33. The highest BCUT2D eigenvalue weighted by Gasteiger charge is 2.19. The third-order valence-corrected chi connectivity index (χ3v) is 6.47. The smallest absolute Gasteiger partial charge is 0.236 e. The fraction of sp³-hybridized carbons (Fsp3) is 0.0909. The van der Waals surface area contributed by atoms with E-state index >= 15 is 0 Å². The molecular weight excluding hydrogens is 460 g/mol. The van der Waals surface area contributed by atoms with Crippen LogP contribution in [0, 0.1) is 0 Å². The Bertz CT molecular complexity index is 1430. The topological polar surface area (TPSA) is 121 Å². The number of furan rings is 1. The van der Waals surface area contributed by atoms with Gasteiger partial charge in [0, 0.05) is 16.3 Å². The normalized spacial score (nSPS) is 11.1. The lowest BCUT2D eigenvalue weighted by Crippen LogP contribution is -2.16. The van der Waals surface area contributed by atoms with Crippen molar-refractivity contribution in [2.45, 2.75) is 5.16 Å². The molecule has 11 heteroatoms. The molecule has 0 bridgehead atoms. The molecule has 33 heavy (non-hydrogen) atoms. The fourth-order valence-electron chi connectivity index (χ4n) is 3.21. The Morgan fingerprint density at radius 1 is 1.21 bits per heavy atom. The van der Waals surface area contributed by atoms with Crippen molar-refractivity contribution in [1.82, 2.24) is 19.9 Å². The van der Waals surface area contributed by atoms with Crippen LogP contribution in [0.2, 0.25) is 0 Å². The number of amides is 1. The molecule has 2 aromatic carbocycles. The number of fused-ring (bicyclic) bond motifs is 1. The zero-order valence-electron chi connectivity index (χ0n) is 17.4. The lowest BCUT2D eigenvalue weighted by molar-refractivity contribution is -0.113. The number of aromatic nitrogens is 4. The summed E-state index contributed by atoms with van der Waals surface area (Å²) >= 11 is 2.54. The van der Waals surface area contributed by atoms with E-state index in [9.17, 15) is 4.79 Å². The van der Waals surface area contributed by atoms with E-state index in [0.29, 0.717) is 33.2 Å². The molecule has 0 unspecified atom stereocenters. The highest BCUT2D eigenvalue weighted by molar-refractivity contribution is 7.99. The molecule has 0 saturated carbocycles. The number of nitrogens with zero attached hydrogens (tertiary/aromatic N) is 4. The van der Waals surface area contributed by atoms with E-state index in [-0.39, 0.29) is 11.7 Å². The van der Waals surface area contributed by atoms with Gasteiger partial charge in [-0.05, 0) is 12.1 Å². The maximum Gasteiger partial charge on any atom is 0.236 e. The van der Waals surface area contributed by atoms with Crippen LogP contribution in [0.4, 0.5) is 5.13 Å². The van der Waals surface area contributed by atoms with Crippen LogP contribution in [0.15, 0.2) is 69.6 Å². The molecule has 9 nitrogen and oxygen atoms in total. The number of benzene rings is 2. The number of carbonyl (C=O) groups excluding carboxylic acids is 1. The Kier molecular flexibility index (Phi) is 5.71. The van der Waals surface area contributed by atoms with E-state index in [0.717, 1.165) is 16.6 Å². The maximum absolute atomic E-state index is 12.4. The monoisotopic (exact) mass is 478 g/mol. The van der Waals surface area contributed by atoms with Crippen LogP contribution >= 0.6 is 23.1 Å². The number of hydrogen-bond acceptors (Lipinski definition) is 9. The number of carbonyl (C=O) groups is 1. The van der Waals surface area contributed by atoms with Crippen molar-refractivity contribution in [2.24, 2.45) is 0 Å². The number of hydrogen-bond donors (Lipinski definition) is 2. The number of methoxy groups -OCH3 is 1. The summed E-state index contributed by atoms with van der Waals surface area (Å²) in [6.07, 6.45) is 0. The second kappa shape index (κ2) is 8.96. The predicted octanol–water partition coefficient (Wildman–Crippen LogP) is 4.27. The molecule has 5 rings (SSSR count). The maximum atomic E-state index is 12.4. The van der Waals surface area contributed by atoms with Crippen LogP contribution in [0.1, 0.15) is 0 Å². The van der Waals surface area contributed by atoms with Gasteiger partial charge in [-0.3, -0.25) is 4.79 Å². The molecule has 0 saturated heterocycles. The Labute approximate surface area is 196 Å². The van der Waals surface area contributed by atoms with E-state index in [1.54, 1.807) is 7.11 Å².